The number of hydrogen-bond acceptors (Lipinski definition) is 3. The zero-order chi connectivity index (χ0) is 20.9. The molecule has 7 heteroatoms. The number of benzene rings is 1. The van der Waals surface area contributed by atoms with Gasteiger partial charge in [0.25, 0.3) is 0 Å². The van der Waals surface area contributed by atoms with Gasteiger partial charge in [-0.1, -0.05) is 31.4 Å². The number of amides is 1. The van der Waals surface area contributed by atoms with Crippen LogP contribution in [0.4, 0.5) is 4.39 Å². The van der Waals surface area contributed by atoms with Crippen LogP contribution in [0.1, 0.15) is 44.1 Å². The highest BCUT2D eigenvalue weighted by Gasteiger charge is 2.18. The van der Waals surface area contributed by atoms with Gasteiger partial charge in [0.2, 0.25) is 5.91 Å². The van der Waals surface area contributed by atoms with E-state index in [1.807, 2.05) is 6.07 Å². The van der Waals surface area contributed by atoms with Crippen molar-refractivity contribution in [2.45, 2.75) is 51.6 Å². The van der Waals surface area contributed by atoms with Crippen molar-refractivity contribution >= 4 is 17.1 Å². The molecule has 2 heterocycles. The third kappa shape index (κ3) is 4.61. The van der Waals surface area contributed by atoms with Crippen LogP contribution in [0.3, 0.4) is 0 Å². The van der Waals surface area contributed by atoms with Crippen LogP contribution in [0.2, 0.25) is 0 Å². The molecule has 6 nitrogen and oxygen atoms in total. The summed E-state index contributed by atoms with van der Waals surface area (Å²) >= 11 is 0. The van der Waals surface area contributed by atoms with Crippen LogP contribution in [-0.2, 0) is 17.9 Å². The van der Waals surface area contributed by atoms with Crippen molar-refractivity contribution in [3.05, 3.63) is 64.5 Å². The van der Waals surface area contributed by atoms with Crippen LogP contribution < -0.4 is 11.0 Å². The summed E-state index contributed by atoms with van der Waals surface area (Å²) in [7, 11) is 0. The van der Waals surface area contributed by atoms with E-state index in [0.29, 0.717) is 37.6 Å². The van der Waals surface area contributed by atoms with Gasteiger partial charge in [0.1, 0.15) is 5.82 Å². The Kier molecular flexibility index (Phi) is 6.26. The summed E-state index contributed by atoms with van der Waals surface area (Å²) < 4.78 is 16.4. The fourth-order valence-electron chi connectivity index (χ4n) is 4.31. The molecule has 0 atom stereocenters. The van der Waals surface area contributed by atoms with Crippen LogP contribution in [0, 0.1) is 11.7 Å². The standard InChI is InChI=1S/C23H27FN4O2/c24-19-10-8-18(9-11-19)16-28-20-7-4-12-26-22(20)27(23(28)30)14-13-25-21(29)15-17-5-2-1-3-6-17/h4,7-12,17H,1-3,5-6,13-16H2,(H,25,29). The lowest BCUT2D eigenvalue weighted by molar-refractivity contribution is -0.122. The average molecular weight is 410 g/mol. The third-order valence-electron chi connectivity index (χ3n) is 5.88. The lowest BCUT2D eigenvalue weighted by atomic mass is 9.87. The highest BCUT2D eigenvalue weighted by atomic mass is 19.1. The molecular formula is C23H27FN4O2. The van der Waals surface area contributed by atoms with Crippen LogP contribution in [0.15, 0.2) is 47.4 Å². The number of carbonyl (C=O) groups is 1. The van der Waals surface area contributed by atoms with E-state index in [1.54, 1.807) is 33.5 Å². The van der Waals surface area contributed by atoms with Crippen LogP contribution in [-0.4, -0.2) is 26.6 Å². The molecular weight excluding hydrogens is 383 g/mol. The zero-order valence-corrected chi connectivity index (χ0v) is 17.0. The molecule has 1 amide bonds. The molecule has 4 rings (SSSR count). The zero-order valence-electron chi connectivity index (χ0n) is 17.0. The fourth-order valence-corrected chi connectivity index (χ4v) is 4.31. The summed E-state index contributed by atoms with van der Waals surface area (Å²) in [6.07, 6.45) is 8.19. The van der Waals surface area contributed by atoms with Crippen molar-refractivity contribution in [3.63, 3.8) is 0 Å². The number of rotatable bonds is 7. The molecule has 158 valence electrons. The number of hydrogen-bond donors (Lipinski definition) is 1. The minimum absolute atomic E-state index is 0.0537. The van der Waals surface area contributed by atoms with Gasteiger partial charge in [-0.2, -0.15) is 0 Å². The largest absolute Gasteiger partial charge is 0.354 e. The molecule has 1 saturated carbocycles. The maximum Gasteiger partial charge on any atom is 0.330 e. The van der Waals surface area contributed by atoms with Crippen molar-refractivity contribution in [2.24, 2.45) is 5.92 Å². The van der Waals surface area contributed by atoms with E-state index in [1.165, 1.54) is 31.4 Å². The van der Waals surface area contributed by atoms with Crippen LogP contribution in [0.25, 0.3) is 11.2 Å². The Morgan fingerprint density at radius 2 is 1.87 bits per heavy atom. The van der Waals surface area contributed by atoms with E-state index in [-0.39, 0.29) is 17.4 Å². The molecule has 1 aliphatic carbocycles. The van der Waals surface area contributed by atoms with Gasteiger partial charge >= 0.3 is 5.69 Å². The summed E-state index contributed by atoms with van der Waals surface area (Å²) in [6, 6.07) is 9.77. The average Bonchev–Trinajstić information content (AvgIpc) is 3.02. The van der Waals surface area contributed by atoms with E-state index < -0.39 is 0 Å². The molecule has 1 aliphatic rings. The quantitative estimate of drug-likeness (QED) is 0.648. The lowest BCUT2D eigenvalue weighted by Gasteiger charge is -2.20. The van der Waals surface area contributed by atoms with Gasteiger partial charge in [-0.25, -0.2) is 14.2 Å². The molecule has 0 saturated heterocycles. The Labute approximate surface area is 174 Å². The van der Waals surface area contributed by atoms with Crippen molar-refractivity contribution in [2.75, 3.05) is 6.54 Å². The summed E-state index contributed by atoms with van der Waals surface area (Å²) in [6.45, 7) is 1.08. The number of aromatic nitrogens is 3. The van der Waals surface area contributed by atoms with Crippen molar-refractivity contribution < 1.29 is 9.18 Å². The first-order chi connectivity index (χ1) is 14.6. The summed E-state index contributed by atoms with van der Waals surface area (Å²) in [5.41, 5.74) is 1.96. The fraction of sp³-hybridized carbons (Fsp3) is 0.435. The lowest BCUT2D eigenvalue weighted by Crippen LogP contribution is -2.32. The highest BCUT2D eigenvalue weighted by Crippen LogP contribution is 2.26. The molecule has 0 bridgehead atoms. The summed E-state index contributed by atoms with van der Waals surface area (Å²) in [5.74, 6) is 0.234. The summed E-state index contributed by atoms with van der Waals surface area (Å²) in [4.78, 5) is 29.7. The van der Waals surface area contributed by atoms with Gasteiger partial charge in [0.15, 0.2) is 5.65 Å². The van der Waals surface area contributed by atoms with E-state index in [2.05, 4.69) is 10.3 Å². The Morgan fingerprint density at radius 1 is 1.10 bits per heavy atom. The number of imidazole rings is 1. The SMILES string of the molecule is O=C(CC1CCCCC1)NCCn1c(=O)n(Cc2ccc(F)cc2)c2cccnc21. The number of pyridine rings is 1. The van der Waals surface area contributed by atoms with E-state index >= 15 is 0 Å². The first-order valence-corrected chi connectivity index (χ1v) is 10.7. The second-order valence-electron chi connectivity index (χ2n) is 8.05. The molecule has 0 unspecified atom stereocenters. The number of halogens is 1. The summed E-state index contributed by atoms with van der Waals surface area (Å²) in [5, 5.41) is 2.96. The van der Waals surface area contributed by atoms with E-state index in [9.17, 15) is 14.0 Å². The Hall–Kier alpha value is -2.96. The number of nitrogens with one attached hydrogen (secondary N) is 1. The van der Waals surface area contributed by atoms with Gasteiger partial charge in [0.05, 0.1) is 12.1 Å². The second kappa shape index (κ2) is 9.24. The molecule has 30 heavy (non-hydrogen) atoms. The third-order valence-corrected chi connectivity index (χ3v) is 5.88. The first-order valence-electron chi connectivity index (χ1n) is 10.7. The van der Waals surface area contributed by atoms with Gasteiger partial charge < -0.3 is 5.32 Å². The van der Waals surface area contributed by atoms with Gasteiger partial charge in [-0.05, 0) is 48.6 Å². The molecule has 2 aromatic heterocycles. The van der Waals surface area contributed by atoms with Crippen molar-refractivity contribution in [3.8, 4) is 0 Å². The molecule has 1 aromatic carbocycles. The van der Waals surface area contributed by atoms with Crippen LogP contribution in [0.5, 0.6) is 0 Å². The van der Waals surface area contributed by atoms with E-state index in [0.717, 1.165) is 23.9 Å². The van der Waals surface area contributed by atoms with Crippen molar-refractivity contribution in [1.29, 1.82) is 0 Å². The predicted octanol–water partition coefficient (Wildman–Crippen LogP) is 3.47. The molecule has 0 aliphatic heterocycles. The topological polar surface area (TPSA) is 68.9 Å². The molecule has 0 spiro atoms. The monoisotopic (exact) mass is 410 g/mol. The maximum atomic E-state index is 13.2. The Morgan fingerprint density at radius 3 is 2.63 bits per heavy atom. The number of carbonyl (C=O) groups excluding carboxylic acids is 1. The molecule has 1 N–H and O–H groups in total. The Bertz CT molecular complexity index is 1060. The normalized spacial score (nSPS) is 14.8. The van der Waals surface area contributed by atoms with Crippen LogP contribution >= 0.6 is 0 Å². The maximum absolute atomic E-state index is 13.2. The predicted molar refractivity (Wildman–Crippen MR) is 114 cm³/mol. The molecule has 3 aromatic rings. The van der Waals surface area contributed by atoms with Crippen molar-refractivity contribution in [1.82, 2.24) is 19.4 Å². The van der Waals surface area contributed by atoms with Gasteiger partial charge in [0, 0.05) is 25.7 Å². The van der Waals surface area contributed by atoms with E-state index in [4.69, 9.17) is 0 Å². The minimum Gasteiger partial charge on any atom is -0.354 e. The Balaban J connectivity index is 1.46. The smallest absolute Gasteiger partial charge is 0.330 e. The minimum atomic E-state index is -0.306. The first kappa shape index (κ1) is 20.3. The molecule has 1 fully saturated rings. The second-order valence-corrected chi connectivity index (χ2v) is 8.05. The van der Waals surface area contributed by atoms with Gasteiger partial charge in [-0.15, -0.1) is 0 Å². The van der Waals surface area contributed by atoms with Gasteiger partial charge in [-0.3, -0.25) is 13.9 Å². The number of fused-ring (bicyclic) bond motifs is 1. The number of nitrogens with zero attached hydrogens (tertiary/aromatic N) is 3. The molecule has 0 radical (unpaired) electrons. The highest BCUT2D eigenvalue weighted by molar-refractivity contribution is 5.76.